The zero-order valence-electron chi connectivity index (χ0n) is 20.8. The lowest BCUT2D eigenvalue weighted by Gasteiger charge is -2.40. The molecule has 0 bridgehead atoms. The third kappa shape index (κ3) is 8.37. The lowest BCUT2D eigenvalue weighted by molar-refractivity contribution is -0.139. The molecule has 3 rings (SSSR count). The first-order valence-corrected chi connectivity index (χ1v) is 13.4. The van der Waals surface area contributed by atoms with Gasteiger partial charge < -0.3 is 30.0 Å². The van der Waals surface area contributed by atoms with Gasteiger partial charge in [-0.25, -0.2) is 0 Å². The second-order valence-corrected chi connectivity index (χ2v) is 10.2. The molecule has 2 aromatic carbocycles. The quantitative estimate of drug-likeness (QED) is 0.315. The summed E-state index contributed by atoms with van der Waals surface area (Å²) in [6.07, 6.45) is 0.578. The van der Waals surface area contributed by atoms with Gasteiger partial charge in [-0.3, -0.25) is 9.59 Å². The summed E-state index contributed by atoms with van der Waals surface area (Å²) in [5.41, 5.74) is 1.25. The predicted molar refractivity (Wildman–Crippen MR) is 148 cm³/mol. The van der Waals surface area contributed by atoms with E-state index in [0.717, 1.165) is 9.13 Å². The van der Waals surface area contributed by atoms with Crippen LogP contribution in [-0.2, 0) is 20.9 Å². The topological polar surface area (TPSA) is 116 Å². The number of amides is 2. The minimum absolute atomic E-state index is 0.0109. The zero-order valence-corrected chi connectivity index (χ0v) is 23.0. The number of nitrogens with zero attached hydrogens (tertiary/aromatic N) is 1. The first kappa shape index (κ1) is 28.8. The maximum Gasteiger partial charge on any atom is 0.247 e. The molecule has 0 radical (unpaired) electrons. The van der Waals surface area contributed by atoms with Crippen molar-refractivity contribution in [3.63, 3.8) is 0 Å². The van der Waals surface area contributed by atoms with Crippen LogP contribution in [0.15, 0.2) is 66.2 Å². The summed E-state index contributed by atoms with van der Waals surface area (Å²) in [4.78, 5) is 39.4. The molecule has 0 aliphatic heterocycles. The van der Waals surface area contributed by atoms with Crippen molar-refractivity contribution in [3.05, 3.63) is 75.4 Å². The molecule has 3 N–H and O–H groups in total. The molecule has 1 aliphatic rings. The number of carbonyl (C=O) groups excluding carboxylic acids is 3. The van der Waals surface area contributed by atoms with E-state index < -0.39 is 18.2 Å². The highest BCUT2D eigenvalue weighted by Crippen LogP contribution is 2.30. The van der Waals surface area contributed by atoms with E-state index >= 15 is 0 Å². The summed E-state index contributed by atoms with van der Waals surface area (Å²) >= 11 is 2.14. The number of ether oxygens (including phenoxy) is 1. The Hall–Kier alpha value is -2.76. The largest absolute Gasteiger partial charge is 0.482 e. The SMILES string of the molecule is CC(=O)CCCC(=O)N(Cc1ccccc1)C1CC(C(=O)NCCO)=CC(Oc2ccccc2I)C1O. The number of hydrogen-bond donors (Lipinski definition) is 3. The standard InChI is InChI=1S/C28H33IN2O6/c1-19(33)8-7-13-26(34)31(18-20-9-3-2-4-10-20)23-16-21(28(36)30-14-15-32)17-25(27(23)35)37-24-12-6-5-11-22(24)29/h2-6,9-12,17,23,25,27,32,35H,7-8,13-16,18H2,1H3,(H,30,36). The number of aliphatic hydroxyl groups excluding tert-OH is 2. The lowest BCUT2D eigenvalue weighted by Crippen LogP contribution is -2.54. The Morgan fingerprint density at radius 2 is 1.78 bits per heavy atom. The maximum absolute atomic E-state index is 13.4. The van der Waals surface area contributed by atoms with Gasteiger partial charge in [0, 0.05) is 37.9 Å². The molecular weight excluding hydrogens is 587 g/mol. The van der Waals surface area contributed by atoms with Crippen LogP contribution < -0.4 is 10.1 Å². The van der Waals surface area contributed by atoms with Crippen LogP contribution in [0.25, 0.3) is 0 Å². The lowest BCUT2D eigenvalue weighted by atomic mass is 9.87. The van der Waals surface area contributed by atoms with Gasteiger partial charge in [0.05, 0.1) is 16.2 Å². The molecule has 37 heavy (non-hydrogen) atoms. The highest BCUT2D eigenvalue weighted by molar-refractivity contribution is 14.1. The minimum Gasteiger partial charge on any atom is -0.482 e. The van der Waals surface area contributed by atoms with Crippen molar-refractivity contribution in [1.29, 1.82) is 0 Å². The molecule has 2 aromatic rings. The first-order valence-electron chi connectivity index (χ1n) is 12.3. The fourth-order valence-corrected chi connectivity index (χ4v) is 4.78. The summed E-state index contributed by atoms with van der Waals surface area (Å²) < 4.78 is 7.00. The fraction of sp³-hybridized carbons (Fsp3) is 0.393. The van der Waals surface area contributed by atoms with Crippen molar-refractivity contribution in [2.45, 2.75) is 57.4 Å². The van der Waals surface area contributed by atoms with E-state index in [1.807, 2.05) is 48.5 Å². The van der Waals surface area contributed by atoms with Crippen LogP contribution in [0.1, 0.15) is 38.2 Å². The molecule has 0 aromatic heterocycles. The van der Waals surface area contributed by atoms with Gasteiger partial charge in [0.15, 0.2) is 0 Å². The van der Waals surface area contributed by atoms with Gasteiger partial charge in [0.25, 0.3) is 0 Å². The molecule has 0 heterocycles. The average molecular weight is 620 g/mol. The third-order valence-corrected chi connectivity index (χ3v) is 7.04. The molecule has 2 amide bonds. The van der Waals surface area contributed by atoms with Gasteiger partial charge in [-0.05, 0) is 59.7 Å². The van der Waals surface area contributed by atoms with Crippen molar-refractivity contribution >= 4 is 40.2 Å². The van der Waals surface area contributed by atoms with E-state index in [0.29, 0.717) is 24.2 Å². The molecule has 0 spiro atoms. The van der Waals surface area contributed by atoms with Gasteiger partial charge in [-0.2, -0.15) is 0 Å². The second kappa shape index (κ2) is 14.3. The summed E-state index contributed by atoms with van der Waals surface area (Å²) in [5, 5.41) is 23.3. The van der Waals surface area contributed by atoms with Gasteiger partial charge in [-0.1, -0.05) is 42.5 Å². The zero-order chi connectivity index (χ0) is 26.8. The number of rotatable bonds is 12. The number of hydrogen-bond acceptors (Lipinski definition) is 6. The van der Waals surface area contributed by atoms with E-state index in [2.05, 4.69) is 27.9 Å². The number of carbonyl (C=O) groups is 3. The van der Waals surface area contributed by atoms with Crippen molar-refractivity contribution in [3.8, 4) is 5.75 Å². The summed E-state index contributed by atoms with van der Waals surface area (Å²) in [6, 6.07) is 16.1. The van der Waals surface area contributed by atoms with Crippen LogP contribution in [0.3, 0.4) is 0 Å². The van der Waals surface area contributed by atoms with E-state index in [4.69, 9.17) is 9.84 Å². The van der Waals surface area contributed by atoms with Gasteiger partial charge in [-0.15, -0.1) is 0 Å². The van der Waals surface area contributed by atoms with E-state index in [1.54, 1.807) is 17.0 Å². The van der Waals surface area contributed by atoms with Crippen LogP contribution >= 0.6 is 22.6 Å². The normalized spacial score (nSPS) is 19.0. The Balaban J connectivity index is 1.94. The second-order valence-electron chi connectivity index (χ2n) is 9.01. The van der Waals surface area contributed by atoms with E-state index in [-0.39, 0.29) is 50.1 Å². The number of halogens is 1. The van der Waals surface area contributed by atoms with Gasteiger partial charge >= 0.3 is 0 Å². The highest BCUT2D eigenvalue weighted by Gasteiger charge is 2.40. The van der Waals surface area contributed by atoms with Crippen molar-refractivity contribution in [2.24, 2.45) is 0 Å². The Labute approximate surface area is 230 Å². The number of Topliss-reactive ketones (excluding diaryl/α,β-unsaturated/α-hetero) is 1. The van der Waals surface area contributed by atoms with Crippen LogP contribution in [0.5, 0.6) is 5.75 Å². The maximum atomic E-state index is 13.4. The third-order valence-electron chi connectivity index (χ3n) is 6.15. The van der Waals surface area contributed by atoms with Gasteiger partial charge in [0.1, 0.15) is 23.7 Å². The Kier molecular flexibility index (Phi) is 11.1. The summed E-state index contributed by atoms with van der Waals surface area (Å²) in [6.45, 7) is 1.61. The molecular formula is C28H33IN2O6. The Morgan fingerprint density at radius 1 is 1.08 bits per heavy atom. The van der Waals surface area contributed by atoms with E-state index in [1.165, 1.54) is 6.92 Å². The van der Waals surface area contributed by atoms with Crippen LogP contribution in [0.2, 0.25) is 0 Å². The molecule has 3 unspecified atom stereocenters. The predicted octanol–water partition coefficient (Wildman–Crippen LogP) is 2.99. The Bertz CT molecular complexity index is 1110. The molecule has 198 valence electrons. The molecule has 8 nitrogen and oxygen atoms in total. The average Bonchev–Trinajstić information content (AvgIpc) is 2.88. The highest BCUT2D eigenvalue weighted by atomic mass is 127. The molecule has 3 atom stereocenters. The molecule has 1 aliphatic carbocycles. The smallest absolute Gasteiger partial charge is 0.247 e. The molecule has 9 heteroatoms. The van der Waals surface area contributed by atoms with Crippen molar-refractivity contribution < 1.29 is 29.3 Å². The van der Waals surface area contributed by atoms with Gasteiger partial charge in [0.2, 0.25) is 11.8 Å². The molecule has 0 saturated heterocycles. The summed E-state index contributed by atoms with van der Waals surface area (Å²) in [7, 11) is 0. The number of aliphatic hydroxyl groups is 2. The monoisotopic (exact) mass is 620 g/mol. The van der Waals surface area contributed by atoms with Crippen molar-refractivity contribution in [2.75, 3.05) is 13.2 Å². The number of ketones is 1. The number of nitrogens with one attached hydrogen (secondary N) is 1. The van der Waals surface area contributed by atoms with Crippen molar-refractivity contribution in [1.82, 2.24) is 10.2 Å². The van der Waals surface area contributed by atoms with E-state index in [9.17, 15) is 19.5 Å². The first-order chi connectivity index (χ1) is 17.8. The molecule has 0 fully saturated rings. The fourth-order valence-electron chi connectivity index (χ4n) is 4.27. The molecule has 0 saturated carbocycles. The number of para-hydroxylation sites is 1. The summed E-state index contributed by atoms with van der Waals surface area (Å²) in [5.74, 6) is -0.0245. The Morgan fingerprint density at radius 3 is 2.46 bits per heavy atom. The van der Waals surface area contributed by atoms with Crippen LogP contribution in [-0.4, -0.2) is 64.1 Å². The minimum atomic E-state index is -1.11. The number of benzene rings is 2. The van der Waals surface area contributed by atoms with Crippen LogP contribution in [0.4, 0.5) is 0 Å². The van der Waals surface area contributed by atoms with Crippen LogP contribution in [0, 0.1) is 3.57 Å².